The Kier molecular flexibility index (Phi) is 11.5. The highest BCUT2D eigenvalue weighted by atomic mass is 35.5. The standard InChI is InChI=1S/C30H38ClN5O4S/c1-3-27(37)34-25(17-28-35-24-10-9-22(31)16-26(24)41-28)30(39)33-23(15-21-7-5-4-6-8-21)18-32-29(38)20(2)19-36-11-13-40-14-12-36/h4-10,16,20,23,25H,3,11-15,17-19H2,1-2H3,(H,32,38)(H,33,39)(H,34,37)/t20-,23-,25-/m0/s1. The van der Waals surface area contributed by atoms with Gasteiger partial charge in [-0.3, -0.25) is 19.3 Å². The highest BCUT2D eigenvalue weighted by Gasteiger charge is 2.26. The molecule has 0 spiro atoms. The van der Waals surface area contributed by atoms with Gasteiger partial charge in [0.1, 0.15) is 6.04 Å². The van der Waals surface area contributed by atoms with Gasteiger partial charge in [-0.05, 0) is 30.2 Å². The smallest absolute Gasteiger partial charge is 0.243 e. The molecule has 9 nitrogen and oxygen atoms in total. The van der Waals surface area contributed by atoms with Crippen LogP contribution in [0.1, 0.15) is 30.8 Å². The predicted octanol–water partition coefficient (Wildman–Crippen LogP) is 3.20. The van der Waals surface area contributed by atoms with Crippen molar-refractivity contribution in [2.24, 2.45) is 5.92 Å². The Morgan fingerprint density at radius 2 is 1.80 bits per heavy atom. The topological polar surface area (TPSA) is 113 Å². The molecule has 2 aromatic carbocycles. The van der Waals surface area contributed by atoms with E-state index in [0.29, 0.717) is 31.2 Å². The van der Waals surface area contributed by atoms with Crippen molar-refractivity contribution in [2.75, 3.05) is 39.4 Å². The number of carbonyl (C=O) groups is 3. The van der Waals surface area contributed by atoms with Crippen molar-refractivity contribution in [3.63, 3.8) is 0 Å². The number of benzene rings is 2. The quantitative estimate of drug-likeness (QED) is 0.278. The monoisotopic (exact) mass is 599 g/mol. The van der Waals surface area contributed by atoms with Crippen LogP contribution in [0.25, 0.3) is 10.2 Å². The fourth-order valence-electron chi connectivity index (χ4n) is 4.74. The van der Waals surface area contributed by atoms with Crippen molar-refractivity contribution in [2.45, 2.75) is 45.2 Å². The maximum atomic E-state index is 13.6. The summed E-state index contributed by atoms with van der Waals surface area (Å²) in [6.07, 6.45) is 1.03. The summed E-state index contributed by atoms with van der Waals surface area (Å²) in [6.45, 7) is 7.57. The van der Waals surface area contributed by atoms with Crippen LogP contribution in [0.2, 0.25) is 5.02 Å². The second kappa shape index (κ2) is 15.3. The minimum Gasteiger partial charge on any atom is -0.379 e. The first-order valence-electron chi connectivity index (χ1n) is 14.1. The molecule has 2 heterocycles. The molecule has 1 aliphatic rings. The van der Waals surface area contributed by atoms with Gasteiger partial charge in [0.05, 0.1) is 34.5 Å². The molecule has 4 rings (SSSR count). The summed E-state index contributed by atoms with van der Waals surface area (Å²) in [6, 6.07) is 14.1. The molecule has 1 saturated heterocycles. The lowest BCUT2D eigenvalue weighted by molar-refractivity contribution is -0.129. The third kappa shape index (κ3) is 9.49. The number of halogens is 1. The fourth-order valence-corrected chi connectivity index (χ4v) is 6.03. The molecule has 3 amide bonds. The van der Waals surface area contributed by atoms with Gasteiger partial charge in [0.2, 0.25) is 17.7 Å². The molecule has 0 radical (unpaired) electrons. The van der Waals surface area contributed by atoms with E-state index >= 15 is 0 Å². The number of thiazole rings is 1. The van der Waals surface area contributed by atoms with E-state index in [4.69, 9.17) is 16.3 Å². The molecule has 1 aromatic heterocycles. The van der Waals surface area contributed by atoms with Gasteiger partial charge in [-0.15, -0.1) is 11.3 Å². The van der Waals surface area contributed by atoms with Gasteiger partial charge in [-0.2, -0.15) is 0 Å². The molecule has 3 atom stereocenters. The Hall–Kier alpha value is -3.05. The zero-order valence-corrected chi connectivity index (χ0v) is 25.1. The van der Waals surface area contributed by atoms with Crippen LogP contribution in [-0.2, 0) is 32.0 Å². The summed E-state index contributed by atoms with van der Waals surface area (Å²) in [5.74, 6) is -0.808. The summed E-state index contributed by atoms with van der Waals surface area (Å²) in [4.78, 5) is 45.8. The number of rotatable bonds is 13. The molecule has 11 heteroatoms. The van der Waals surface area contributed by atoms with Crippen LogP contribution in [0.3, 0.4) is 0 Å². The lowest BCUT2D eigenvalue weighted by Crippen LogP contribution is -2.54. The number of ether oxygens (including phenoxy) is 1. The van der Waals surface area contributed by atoms with Crippen LogP contribution in [0, 0.1) is 5.92 Å². The lowest BCUT2D eigenvalue weighted by Gasteiger charge is -2.29. The van der Waals surface area contributed by atoms with E-state index in [2.05, 4.69) is 25.8 Å². The summed E-state index contributed by atoms with van der Waals surface area (Å²) in [5, 5.41) is 10.3. The minimum atomic E-state index is -0.812. The number of fused-ring (bicyclic) bond motifs is 1. The average Bonchev–Trinajstić information content (AvgIpc) is 3.37. The molecule has 3 N–H and O–H groups in total. The minimum absolute atomic E-state index is 0.0622. The molecule has 3 aromatic rings. The maximum Gasteiger partial charge on any atom is 0.243 e. The van der Waals surface area contributed by atoms with Crippen LogP contribution >= 0.6 is 22.9 Å². The van der Waals surface area contributed by atoms with Crippen molar-refractivity contribution >= 4 is 50.9 Å². The second-order valence-corrected chi connectivity index (χ2v) is 11.9. The number of nitrogens with zero attached hydrogens (tertiary/aromatic N) is 2. The molecule has 0 unspecified atom stereocenters. The zero-order chi connectivity index (χ0) is 29.2. The molecule has 0 bridgehead atoms. The van der Waals surface area contributed by atoms with Crippen molar-refractivity contribution < 1.29 is 19.1 Å². The van der Waals surface area contributed by atoms with Crippen molar-refractivity contribution in [3.8, 4) is 0 Å². The van der Waals surface area contributed by atoms with Gasteiger partial charge in [0.15, 0.2) is 0 Å². The van der Waals surface area contributed by atoms with E-state index in [0.717, 1.165) is 33.9 Å². The number of carbonyl (C=O) groups excluding carboxylic acids is 3. The first kappa shape index (κ1) is 30.9. The summed E-state index contributed by atoms with van der Waals surface area (Å²) < 4.78 is 6.33. The molecule has 0 saturated carbocycles. The Morgan fingerprint density at radius 1 is 1.05 bits per heavy atom. The molecule has 41 heavy (non-hydrogen) atoms. The van der Waals surface area contributed by atoms with E-state index in [1.807, 2.05) is 49.4 Å². The number of hydrogen-bond donors (Lipinski definition) is 3. The summed E-state index contributed by atoms with van der Waals surface area (Å²) in [7, 11) is 0. The largest absolute Gasteiger partial charge is 0.379 e. The van der Waals surface area contributed by atoms with E-state index in [-0.39, 0.29) is 49.1 Å². The summed E-state index contributed by atoms with van der Waals surface area (Å²) >= 11 is 7.59. The first-order valence-corrected chi connectivity index (χ1v) is 15.3. The first-order chi connectivity index (χ1) is 19.8. The van der Waals surface area contributed by atoms with Crippen LogP contribution in [0.5, 0.6) is 0 Å². The van der Waals surface area contributed by atoms with Crippen molar-refractivity contribution in [3.05, 3.63) is 64.1 Å². The normalized spacial score (nSPS) is 16.1. The maximum absolute atomic E-state index is 13.6. The average molecular weight is 600 g/mol. The van der Waals surface area contributed by atoms with Crippen molar-refractivity contribution in [1.82, 2.24) is 25.8 Å². The molecular weight excluding hydrogens is 562 g/mol. The van der Waals surface area contributed by atoms with Gasteiger partial charge in [0, 0.05) is 50.0 Å². The second-order valence-electron chi connectivity index (χ2n) is 10.4. The van der Waals surface area contributed by atoms with E-state index in [1.54, 1.807) is 13.0 Å². The molecule has 1 fully saturated rings. The van der Waals surface area contributed by atoms with Gasteiger partial charge >= 0.3 is 0 Å². The van der Waals surface area contributed by atoms with Crippen LogP contribution < -0.4 is 16.0 Å². The van der Waals surface area contributed by atoms with Gasteiger partial charge in [0.25, 0.3) is 0 Å². The Labute approximate surface area is 250 Å². The molecule has 0 aliphatic carbocycles. The van der Waals surface area contributed by atoms with Crippen LogP contribution in [0.4, 0.5) is 0 Å². The van der Waals surface area contributed by atoms with E-state index in [1.165, 1.54) is 11.3 Å². The van der Waals surface area contributed by atoms with Gasteiger partial charge < -0.3 is 20.7 Å². The molecule has 220 valence electrons. The number of nitrogens with one attached hydrogen (secondary N) is 3. The Morgan fingerprint density at radius 3 is 2.54 bits per heavy atom. The number of hydrogen-bond acceptors (Lipinski definition) is 7. The molecular formula is C30H38ClN5O4S. The third-order valence-electron chi connectivity index (χ3n) is 7.02. The van der Waals surface area contributed by atoms with Gasteiger partial charge in [-0.25, -0.2) is 4.98 Å². The SMILES string of the molecule is CCC(=O)N[C@@H](Cc1nc2ccc(Cl)cc2s1)C(=O)N[C@H](CNC(=O)[C@@H](C)CN1CCOCC1)Cc1ccccc1. The van der Waals surface area contributed by atoms with Crippen LogP contribution in [0.15, 0.2) is 48.5 Å². The van der Waals surface area contributed by atoms with E-state index in [9.17, 15) is 14.4 Å². The Balaban J connectivity index is 1.44. The highest BCUT2D eigenvalue weighted by molar-refractivity contribution is 7.18. The number of aromatic nitrogens is 1. The highest BCUT2D eigenvalue weighted by Crippen LogP contribution is 2.26. The number of morpholine rings is 1. The fraction of sp³-hybridized carbons (Fsp3) is 0.467. The number of amides is 3. The molecule has 1 aliphatic heterocycles. The Bertz CT molecular complexity index is 1310. The predicted molar refractivity (Wildman–Crippen MR) is 162 cm³/mol. The van der Waals surface area contributed by atoms with Crippen molar-refractivity contribution in [1.29, 1.82) is 0 Å². The zero-order valence-electron chi connectivity index (χ0n) is 23.5. The van der Waals surface area contributed by atoms with E-state index < -0.39 is 6.04 Å². The third-order valence-corrected chi connectivity index (χ3v) is 8.30. The summed E-state index contributed by atoms with van der Waals surface area (Å²) in [5.41, 5.74) is 1.83. The van der Waals surface area contributed by atoms with Crippen LogP contribution in [-0.4, -0.2) is 79.1 Å². The lowest BCUT2D eigenvalue weighted by atomic mass is 10.0. The van der Waals surface area contributed by atoms with Gasteiger partial charge in [-0.1, -0.05) is 55.8 Å².